The molecule has 1 aliphatic rings. The first kappa shape index (κ1) is 52.8. The van der Waals surface area contributed by atoms with E-state index in [1.165, 1.54) is 209 Å². The van der Waals surface area contributed by atoms with Gasteiger partial charge in [0.2, 0.25) is 0 Å². The standard InChI is InChI=1S/C64H95Si/c1-8-14-20-26-34-53-43-54(35-27-21-15-9-2)47-60(46-53)65(64-52(7)42-59-40-32-33-41-63(59)64,61-48-55(36-28-22-16-10-3)44-56(49-61)37-29-23-17-11-4)62-50-57(38-30-24-18-12-5)45-58(51-62)39-31-25-19-13-6/h32-33,40-51H,8-31,34-39H2,1-7H3. The van der Waals surface area contributed by atoms with Crippen LogP contribution in [-0.4, -0.2) is 8.07 Å². The highest BCUT2D eigenvalue weighted by molar-refractivity contribution is 7.16. The molecule has 0 bridgehead atoms. The van der Waals surface area contributed by atoms with E-state index < -0.39 is 8.07 Å². The lowest BCUT2D eigenvalue weighted by atomic mass is 10.00. The van der Waals surface area contributed by atoms with Crippen molar-refractivity contribution in [3.05, 3.63) is 134 Å². The molecule has 4 aromatic carbocycles. The van der Waals surface area contributed by atoms with Gasteiger partial charge in [-0.25, -0.2) is 0 Å². The number of fused-ring (bicyclic) bond motifs is 1. The Balaban J connectivity index is 1.90. The molecule has 355 valence electrons. The number of rotatable bonds is 34. The molecule has 0 aromatic heterocycles. The van der Waals surface area contributed by atoms with Gasteiger partial charge in [-0.3, -0.25) is 0 Å². The number of benzene rings is 4. The van der Waals surface area contributed by atoms with Crippen LogP contribution in [0.15, 0.2) is 84.4 Å². The maximum absolute atomic E-state index is 2.97. The maximum Gasteiger partial charge on any atom is 0.163 e. The molecule has 0 amide bonds. The van der Waals surface area contributed by atoms with E-state index in [1.54, 1.807) is 54.5 Å². The molecule has 0 nitrogen and oxygen atoms in total. The molecule has 0 N–H and O–H groups in total. The molecule has 0 heterocycles. The Bertz CT molecular complexity index is 1710. The summed E-state index contributed by atoms with van der Waals surface area (Å²) in [6, 6.07) is 34.2. The van der Waals surface area contributed by atoms with Gasteiger partial charge >= 0.3 is 0 Å². The summed E-state index contributed by atoms with van der Waals surface area (Å²) in [5.74, 6) is 0. The summed E-state index contributed by atoms with van der Waals surface area (Å²) in [6.45, 7) is 16.6. The van der Waals surface area contributed by atoms with Gasteiger partial charge in [-0.05, 0) is 144 Å². The lowest BCUT2D eigenvalue weighted by Gasteiger charge is -2.41. The SMILES string of the molecule is CCCCCCc1cc(CCCCCC)cc([Si]([C]2C(C)=Cc3ccccc32)(c2cc(CCCCCC)cc(CCCCCC)c2)c2cc(CCCCCC)cc(CCCCCC)c2)c1. The number of hydrogen-bond acceptors (Lipinski definition) is 0. The van der Waals surface area contributed by atoms with Crippen molar-refractivity contribution >= 4 is 29.7 Å². The van der Waals surface area contributed by atoms with E-state index in [2.05, 4.69) is 133 Å². The monoisotopic (exact) mass is 892 g/mol. The minimum absolute atomic E-state index is 1.18. The van der Waals surface area contributed by atoms with Crippen molar-refractivity contribution in [3.63, 3.8) is 0 Å². The van der Waals surface area contributed by atoms with Crippen molar-refractivity contribution in [1.82, 2.24) is 0 Å². The van der Waals surface area contributed by atoms with Gasteiger partial charge in [-0.2, -0.15) is 0 Å². The Morgan fingerprint density at radius 2 is 0.600 bits per heavy atom. The van der Waals surface area contributed by atoms with Crippen molar-refractivity contribution < 1.29 is 0 Å². The van der Waals surface area contributed by atoms with Crippen LogP contribution in [0.4, 0.5) is 0 Å². The number of unbranched alkanes of at least 4 members (excludes halogenated alkanes) is 18. The van der Waals surface area contributed by atoms with Crippen LogP contribution in [0.5, 0.6) is 0 Å². The van der Waals surface area contributed by atoms with Gasteiger partial charge in [0.15, 0.2) is 8.07 Å². The van der Waals surface area contributed by atoms with Gasteiger partial charge in [0.1, 0.15) is 0 Å². The van der Waals surface area contributed by atoms with Gasteiger partial charge in [0.05, 0.1) is 0 Å². The molecule has 0 saturated heterocycles. The summed E-state index contributed by atoms with van der Waals surface area (Å²) >= 11 is 0. The summed E-state index contributed by atoms with van der Waals surface area (Å²) < 4.78 is 0. The van der Waals surface area contributed by atoms with Crippen molar-refractivity contribution in [3.8, 4) is 0 Å². The van der Waals surface area contributed by atoms with E-state index in [9.17, 15) is 0 Å². The van der Waals surface area contributed by atoms with Crippen LogP contribution in [0.3, 0.4) is 0 Å². The molecule has 0 fully saturated rings. The normalized spacial score (nSPS) is 12.9. The molecule has 1 radical (unpaired) electrons. The molecule has 0 aliphatic heterocycles. The van der Waals surface area contributed by atoms with E-state index in [0.717, 1.165) is 0 Å². The molecule has 1 aliphatic carbocycles. The molecule has 1 heteroatoms. The zero-order valence-electron chi connectivity index (χ0n) is 43.3. The summed E-state index contributed by atoms with van der Waals surface area (Å²) in [5, 5.41) is 4.95. The lowest BCUT2D eigenvalue weighted by Crippen LogP contribution is -2.71. The summed E-state index contributed by atoms with van der Waals surface area (Å²) in [7, 11) is -2.97. The van der Waals surface area contributed by atoms with Crippen LogP contribution in [0, 0.1) is 5.54 Å². The lowest BCUT2D eigenvalue weighted by molar-refractivity contribution is 0.661. The molecular weight excluding hydrogens is 797 g/mol. The summed E-state index contributed by atoms with van der Waals surface area (Å²) in [4.78, 5) is 0. The van der Waals surface area contributed by atoms with Crippen LogP contribution in [0.25, 0.3) is 6.08 Å². The average Bonchev–Trinajstić information content (AvgIpc) is 3.65. The third kappa shape index (κ3) is 15.7. The Morgan fingerprint density at radius 1 is 0.323 bits per heavy atom. The quantitative estimate of drug-likeness (QED) is 0.0249. The average molecular weight is 893 g/mol. The fourth-order valence-corrected chi connectivity index (χ4v) is 16.7. The van der Waals surface area contributed by atoms with Gasteiger partial charge in [0.25, 0.3) is 0 Å². The van der Waals surface area contributed by atoms with Crippen molar-refractivity contribution in [2.24, 2.45) is 0 Å². The fraction of sp³-hybridized carbons (Fsp3) is 0.578. The van der Waals surface area contributed by atoms with Crippen molar-refractivity contribution in [2.75, 3.05) is 0 Å². The first-order valence-electron chi connectivity index (χ1n) is 28.0. The smallest absolute Gasteiger partial charge is 0.0654 e. The number of hydrogen-bond donors (Lipinski definition) is 0. The van der Waals surface area contributed by atoms with Crippen LogP contribution in [0.2, 0.25) is 0 Å². The molecular formula is C64H95Si. The van der Waals surface area contributed by atoms with E-state index >= 15 is 0 Å². The highest BCUT2D eigenvalue weighted by Gasteiger charge is 2.51. The third-order valence-corrected chi connectivity index (χ3v) is 19.6. The zero-order valence-corrected chi connectivity index (χ0v) is 44.3. The Kier molecular flexibility index (Phi) is 24.0. The van der Waals surface area contributed by atoms with E-state index in [1.807, 2.05) is 0 Å². The molecule has 65 heavy (non-hydrogen) atoms. The number of allylic oxidation sites excluding steroid dienone is 1. The van der Waals surface area contributed by atoms with Gasteiger partial charge in [0, 0.05) is 5.54 Å². The van der Waals surface area contributed by atoms with Crippen molar-refractivity contribution in [1.29, 1.82) is 0 Å². The largest absolute Gasteiger partial charge is 0.163 e. The van der Waals surface area contributed by atoms with Crippen LogP contribution in [-0.2, 0) is 38.5 Å². The van der Waals surface area contributed by atoms with Gasteiger partial charge in [-0.15, -0.1) is 0 Å². The Labute approximate surface area is 403 Å². The van der Waals surface area contributed by atoms with Gasteiger partial charge in [-0.1, -0.05) is 248 Å². The highest BCUT2D eigenvalue weighted by Crippen LogP contribution is 2.42. The Morgan fingerprint density at radius 3 is 0.877 bits per heavy atom. The Hall–Kier alpha value is -3.16. The molecule has 0 spiro atoms. The van der Waals surface area contributed by atoms with E-state index in [0.29, 0.717) is 0 Å². The second-order valence-corrected chi connectivity index (χ2v) is 24.3. The maximum atomic E-state index is 2.79. The predicted molar refractivity (Wildman–Crippen MR) is 293 cm³/mol. The third-order valence-electron chi connectivity index (χ3n) is 14.7. The topological polar surface area (TPSA) is 0 Å². The minimum atomic E-state index is -2.97. The van der Waals surface area contributed by atoms with Crippen molar-refractivity contribution in [2.45, 2.75) is 241 Å². The van der Waals surface area contributed by atoms with Crippen LogP contribution in [0.1, 0.15) is 247 Å². The van der Waals surface area contributed by atoms with Gasteiger partial charge < -0.3 is 0 Å². The molecule has 0 saturated carbocycles. The minimum Gasteiger partial charge on any atom is -0.0654 e. The predicted octanol–water partition coefficient (Wildman–Crippen LogP) is 17.5. The first-order valence-corrected chi connectivity index (χ1v) is 30.0. The van der Waals surface area contributed by atoms with E-state index in [-0.39, 0.29) is 0 Å². The second kappa shape index (κ2) is 29.6. The number of aryl methyl sites for hydroxylation is 6. The first-order chi connectivity index (χ1) is 31.9. The highest BCUT2D eigenvalue weighted by atomic mass is 28.3. The molecule has 0 unspecified atom stereocenters. The fourth-order valence-electron chi connectivity index (χ4n) is 11.1. The second-order valence-electron chi connectivity index (χ2n) is 20.5. The van der Waals surface area contributed by atoms with Crippen LogP contribution >= 0.6 is 0 Å². The summed E-state index contributed by atoms with van der Waals surface area (Å²) in [6.07, 6.45) is 41.0. The van der Waals surface area contributed by atoms with Crippen LogP contribution < -0.4 is 15.6 Å². The molecule has 4 aromatic rings. The van der Waals surface area contributed by atoms with E-state index in [4.69, 9.17) is 0 Å². The molecule has 5 rings (SSSR count). The molecule has 0 atom stereocenters. The summed E-state index contributed by atoms with van der Waals surface area (Å²) in [5.41, 5.74) is 15.6. The zero-order chi connectivity index (χ0) is 46.1.